The highest BCUT2D eigenvalue weighted by Crippen LogP contribution is 2.22. The first-order valence-corrected chi connectivity index (χ1v) is 7.37. The fraction of sp³-hybridized carbons (Fsp3) is 0.0769. The molecule has 0 fully saturated rings. The molecule has 0 saturated carbocycles. The number of carbonyl (C=O) groups is 1. The zero-order valence-corrected chi connectivity index (χ0v) is 12.4. The number of hydrogen-bond acceptors (Lipinski definition) is 5. The standard InChI is InChI=1S/C13H10ClN3O3S/c1-21-10-4-2-8(3-5-10)16-13(18)11-6-9(17(19)20)7-15-12(11)14/h2-7H,1H3,(H,16,18). The van der Waals surface area contributed by atoms with Crippen molar-refractivity contribution >= 4 is 40.6 Å². The van der Waals surface area contributed by atoms with Crippen molar-refractivity contribution in [3.63, 3.8) is 0 Å². The summed E-state index contributed by atoms with van der Waals surface area (Å²) >= 11 is 7.39. The van der Waals surface area contributed by atoms with Crippen LogP contribution in [-0.4, -0.2) is 22.1 Å². The third kappa shape index (κ3) is 3.71. The summed E-state index contributed by atoms with van der Waals surface area (Å²) < 4.78 is 0. The maximum Gasteiger partial charge on any atom is 0.288 e. The summed E-state index contributed by atoms with van der Waals surface area (Å²) in [6.45, 7) is 0. The molecule has 2 rings (SSSR count). The first-order chi connectivity index (χ1) is 10.0. The maximum absolute atomic E-state index is 12.1. The largest absolute Gasteiger partial charge is 0.322 e. The molecule has 1 heterocycles. The molecule has 2 aromatic rings. The van der Waals surface area contributed by atoms with Crippen molar-refractivity contribution in [3.8, 4) is 0 Å². The Labute approximate surface area is 129 Å². The monoisotopic (exact) mass is 323 g/mol. The zero-order valence-electron chi connectivity index (χ0n) is 10.9. The van der Waals surface area contributed by atoms with Crippen molar-refractivity contribution < 1.29 is 9.72 Å². The van der Waals surface area contributed by atoms with E-state index in [9.17, 15) is 14.9 Å². The minimum absolute atomic E-state index is 0.0418. The Balaban J connectivity index is 2.23. The molecule has 0 aliphatic rings. The van der Waals surface area contributed by atoms with E-state index in [0.29, 0.717) is 5.69 Å². The lowest BCUT2D eigenvalue weighted by Crippen LogP contribution is -2.13. The predicted molar refractivity (Wildman–Crippen MR) is 82.1 cm³/mol. The molecular weight excluding hydrogens is 314 g/mol. The molecule has 6 nitrogen and oxygen atoms in total. The summed E-state index contributed by atoms with van der Waals surface area (Å²) in [6, 6.07) is 8.28. The van der Waals surface area contributed by atoms with Crippen LogP contribution < -0.4 is 5.32 Å². The number of thioether (sulfide) groups is 1. The van der Waals surface area contributed by atoms with Crippen LogP contribution in [0.1, 0.15) is 10.4 Å². The molecule has 8 heteroatoms. The Bertz CT molecular complexity index is 692. The fourth-order valence-electron chi connectivity index (χ4n) is 1.57. The van der Waals surface area contributed by atoms with E-state index < -0.39 is 10.8 Å². The van der Waals surface area contributed by atoms with Crippen LogP contribution in [0.15, 0.2) is 41.4 Å². The van der Waals surface area contributed by atoms with Crippen LogP contribution in [0.3, 0.4) is 0 Å². The number of nitrogens with zero attached hydrogens (tertiary/aromatic N) is 2. The summed E-state index contributed by atoms with van der Waals surface area (Å²) in [6.07, 6.45) is 2.95. The normalized spacial score (nSPS) is 10.2. The number of rotatable bonds is 4. The van der Waals surface area contributed by atoms with E-state index in [1.807, 2.05) is 18.4 Å². The number of carbonyl (C=O) groups excluding carboxylic acids is 1. The van der Waals surface area contributed by atoms with Gasteiger partial charge in [-0.2, -0.15) is 0 Å². The van der Waals surface area contributed by atoms with Gasteiger partial charge in [0.15, 0.2) is 0 Å². The molecule has 21 heavy (non-hydrogen) atoms. The van der Waals surface area contributed by atoms with Gasteiger partial charge < -0.3 is 5.32 Å². The lowest BCUT2D eigenvalue weighted by molar-refractivity contribution is -0.385. The quantitative estimate of drug-likeness (QED) is 0.402. The molecule has 0 radical (unpaired) electrons. The van der Waals surface area contributed by atoms with E-state index in [0.717, 1.165) is 17.2 Å². The van der Waals surface area contributed by atoms with E-state index >= 15 is 0 Å². The van der Waals surface area contributed by atoms with E-state index in [1.165, 1.54) is 0 Å². The first-order valence-electron chi connectivity index (χ1n) is 5.76. The van der Waals surface area contributed by atoms with Crippen molar-refractivity contribution in [1.29, 1.82) is 0 Å². The van der Waals surface area contributed by atoms with Crippen LogP contribution >= 0.6 is 23.4 Å². The number of pyridine rings is 1. The second kappa shape index (κ2) is 6.55. The van der Waals surface area contributed by atoms with Gasteiger partial charge in [-0.05, 0) is 30.5 Å². The van der Waals surface area contributed by atoms with E-state index in [2.05, 4.69) is 10.3 Å². The van der Waals surface area contributed by atoms with Gasteiger partial charge in [-0.3, -0.25) is 14.9 Å². The number of amides is 1. The number of hydrogen-bond donors (Lipinski definition) is 1. The molecular formula is C13H10ClN3O3S. The summed E-state index contributed by atoms with van der Waals surface area (Å²) in [7, 11) is 0. The zero-order chi connectivity index (χ0) is 15.4. The number of benzene rings is 1. The molecule has 0 spiro atoms. The summed E-state index contributed by atoms with van der Waals surface area (Å²) in [4.78, 5) is 26.9. The molecule has 0 saturated heterocycles. The van der Waals surface area contributed by atoms with Gasteiger partial charge in [0, 0.05) is 16.6 Å². The Hall–Kier alpha value is -2.12. The Morgan fingerprint density at radius 3 is 2.62 bits per heavy atom. The lowest BCUT2D eigenvalue weighted by Gasteiger charge is -2.06. The Morgan fingerprint density at radius 2 is 2.05 bits per heavy atom. The highest BCUT2D eigenvalue weighted by Gasteiger charge is 2.17. The highest BCUT2D eigenvalue weighted by atomic mass is 35.5. The smallest absolute Gasteiger partial charge is 0.288 e. The molecule has 108 valence electrons. The second-order valence-corrected chi connectivity index (χ2v) is 5.21. The van der Waals surface area contributed by atoms with Gasteiger partial charge in [-0.25, -0.2) is 4.98 Å². The summed E-state index contributed by atoms with van der Waals surface area (Å²) in [5.41, 5.74) is 0.238. The SMILES string of the molecule is CSc1ccc(NC(=O)c2cc([N+](=O)[O-])cnc2Cl)cc1. The highest BCUT2D eigenvalue weighted by molar-refractivity contribution is 7.98. The van der Waals surface area contributed by atoms with Gasteiger partial charge in [0.05, 0.1) is 10.5 Å². The summed E-state index contributed by atoms with van der Waals surface area (Å²) in [5.74, 6) is -0.548. The third-order valence-corrected chi connectivity index (χ3v) is 3.67. The van der Waals surface area contributed by atoms with Crippen molar-refractivity contribution in [2.45, 2.75) is 4.90 Å². The predicted octanol–water partition coefficient (Wildman–Crippen LogP) is 3.62. The summed E-state index contributed by atoms with van der Waals surface area (Å²) in [5, 5.41) is 13.2. The molecule has 1 aromatic carbocycles. The number of halogens is 1. The Morgan fingerprint density at radius 1 is 1.38 bits per heavy atom. The third-order valence-electron chi connectivity index (χ3n) is 2.63. The lowest BCUT2D eigenvalue weighted by atomic mass is 10.2. The van der Waals surface area contributed by atoms with Crippen LogP contribution in [0.5, 0.6) is 0 Å². The maximum atomic E-state index is 12.1. The molecule has 0 aliphatic carbocycles. The molecule has 0 atom stereocenters. The van der Waals surface area contributed by atoms with Gasteiger partial charge in [0.1, 0.15) is 11.3 Å². The van der Waals surface area contributed by atoms with E-state index in [4.69, 9.17) is 11.6 Å². The molecule has 0 bridgehead atoms. The minimum Gasteiger partial charge on any atom is -0.322 e. The Kier molecular flexibility index (Phi) is 4.77. The van der Waals surface area contributed by atoms with Crippen LogP contribution in [0.25, 0.3) is 0 Å². The van der Waals surface area contributed by atoms with Crippen molar-refractivity contribution in [2.24, 2.45) is 0 Å². The molecule has 1 N–H and O–H groups in total. The van der Waals surface area contributed by atoms with Crippen molar-refractivity contribution in [1.82, 2.24) is 4.98 Å². The fourth-order valence-corrected chi connectivity index (χ4v) is 2.17. The van der Waals surface area contributed by atoms with Crippen LogP contribution in [0.4, 0.5) is 11.4 Å². The number of nitro groups is 1. The van der Waals surface area contributed by atoms with Gasteiger partial charge >= 0.3 is 0 Å². The first kappa shape index (κ1) is 15.3. The second-order valence-electron chi connectivity index (χ2n) is 3.97. The number of aromatic nitrogens is 1. The van der Waals surface area contributed by atoms with Crippen molar-refractivity contribution in [2.75, 3.05) is 11.6 Å². The van der Waals surface area contributed by atoms with E-state index in [-0.39, 0.29) is 16.4 Å². The average molecular weight is 324 g/mol. The minimum atomic E-state index is -0.632. The van der Waals surface area contributed by atoms with Crippen LogP contribution in [-0.2, 0) is 0 Å². The van der Waals surface area contributed by atoms with Gasteiger partial charge in [0.25, 0.3) is 11.6 Å². The number of anilines is 1. The topological polar surface area (TPSA) is 85.1 Å². The van der Waals surface area contributed by atoms with Gasteiger partial charge in [0.2, 0.25) is 0 Å². The number of nitrogens with one attached hydrogen (secondary N) is 1. The average Bonchev–Trinajstić information content (AvgIpc) is 2.48. The molecule has 1 aromatic heterocycles. The molecule has 1 amide bonds. The molecule has 0 unspecified atom stereocenters. The van der Waals surface area contributed by atoms with Gasteiger partial charge in [-0.15, -0.1) is 11.8 Å². The van der Waals surface area contributed by atoms with Crippen LogP contribution in [0.2, 0.25) is 5.15 Å². The van der Waals surface area contributed by atoms with E-state index in [1.54, 1.807) is 23.9 Å². The van der Waals surface area contributed by atoms with Crippen LogP contribution in [0, 0.1) is 10.1 Å². The van der Waals surface area contributed by atoms with Gasteiger partial charge in [-0.1, -0.05) is 11.6 Å². The van der Waals surface area contributed by atoms with Crippen molar-refractivity contribution in [3.05, 3.63) is 57.4 Å². The molecule has 0 aliphatic heterocycles.